The molecule has 0 saturated carbocycles. The van der Waals surface area contributed by atoms with Gasteiger partial charge >= 0.3 is 12.1 Å². The van der Waals surface area contributed by atoms with Crippen LogP contribution in [-0.2, 0) is 19.5 Å². The van der Waals surface area contributed by atoms with Gasteiger partial charge in [-0.15, -0.1) is 0 Å². The van der Waals surface area contributed by atoms with Crippen molar-refractivity contribution in [3.8, 4) is 0 Å². The Kier molecular flexibility index (Phi) is 7.61. The average molecular weight is 415 g/mol. The van der Waals surface area contributed by atoms with Gasteiger partial charge in [-0.3, -0.25) is 0 Å². The number of rotatable bonds is 6. The zero-order valence-corrected chi connectivity index (χ0v) is 18.3. The molecule has 0 bridgehead atoms. The number of hydrogen-bond acceptors (Lipinski definition) is 6. The molecule has 1 rings (SSSR count). The lowest BCUT2D eigenvalue weighted by Gasteiger charge is -2.32. The molecule has 0 aliphatic carbocycles. The van der Waals surface area contributed by atoms with E-state index in [1.54, 1.807) is 26.8 Å². The third-order valence-electron chi connectivity index (χ3n) is 3.80. The summed E-state index contributed by atoms with van der Waals surface area (Å²) in [5.41, 5.74) is -1.20. The minimum atomic E-state index is -4.02. The van der Waals surface area contributed by atoms with Gasteiger partial charge in [-0.2, -0.15) is 0 Å². The lowest BCUT2D eigenvalue weighted by atomic mass is 9.87. The zero-order chi connectivity index (χ0) is 21.8. The monoisotopic (exact) mass is 414 g/mol. The van der Waals surface area contributed by atoms with E-state index in [1.807, 2.05) is 20.8 Å². The van der Waals surface area contributed by atoms with E-state index < -0.39 is 39.1 Å². The van der Waals surface area contributed by atoms with Gasteiger partial charge in [-0.25, -0.2) is 22.7 Å². The maximum absolute atomic E-state index is 12.8. The molecule has 1 amide bonds. The van der Waals surface area contributed by atoms with Crippen LogP contribution >= 0.6 is 0 Å². The summed E-state index contributed by atoms with van der Waals surface area (Å²) in [6.45, 7) is 10.7. The summed E-state index contributed by atoms with van der Waals surface area (Å²) in [6, 6.07) is 5.21. The van der Waals surface area contributed by atoms with Gasteiger partial charge in [0.25, 0.3) is 0 Å². The number of sulfonamides is 1. The quantitative estimate of drug-likeness (QED) is 0.693. The summed E-state index contributed by atoms with van der Waals surface area (Å²) in [5.74, 6) is -0.750. The Bertz CT molecular complexity index is 806. The number of hydrogen-bond donors (Lipinski definition) is 2. The van der Waals surface area contributed by atoms with Crippen LogP contribution < -0.4 is 10.0 Å². The smallest absolute Gasteiger partial charge is 0.407 e. The molecule has 158 valence electrons. The first-order chi connectivity index (χ1) is 12.7. The molecule has 0 aliphatic rings. The SMILES string of the molecule is COC(=O)c1ccccc1S(=O)(=O)NC[C@@H](NC(=O)OC(C)(C)C)C(C)(C)C. The fraction of sp³-hybridized carbons (Fsp3) is 0.579. The molecule has 1 aromatic rings. The molecule has 0 spiro atoms. The normalized spacial score (nSPS) is 13.5. The van der Waals surface area contributed by atoms with Crippen LogP contribution in [0.4, 0.5) is 4.79 Å². The van der Waals surface area contributed by atoms with Crippen molar-refractivity contribution in [3.05, 3.63) is 29.8 Å². The number of methoxy groups -OCH3 is 1. The zero-order valence-electron chi connectivity index (χ0n) is 17.5. The molecule has 2 N–H and O–H groups in total. The van der Waals surface area contributed by atoms with Crippen molar-refractivity contribution in [2.24, 2.45) is 5.41 Å². The van der Waals surface area contributed by atoms with Crippen LogP contribution in [0.15, 0.2) is 29.2 Å². The van der Waals surface area contributed by atoms with Crippen molar-refractivity contribution >= 4 is 22.1 Å². The van der Waals surface area contributed by atoms with E-state index in [0.717, 1.165) is 0 Å². The highest BCUT2D eigenvalue weighted by atomic mass is 32.2. The first-order valence-corrected chi connectivity index (χ1v) is 10.3. The van der Waals surface area contributed by atoms with Gasteiger partial charge < -0.3 is 14.8 Å². The summed E-state index contributed by atoms with van der Waals surface area (Å²) in [4.78, 5) is 23.8. The largest absolute Gasteiger partial charge is 0.465 e. The highest BCUT2D eigenvalue weighted by molar-refractivity contribution is 7.89. The van der Waals surface area contributed by atoms with Gasteiger partial charge in [-0.05, 0) is 38.3 Å². The van der Waals surface area contributed by atoms with E-state index in [0.29, 0.717) is 0 Å². The van der Waals surface area contributed by atoms with Gasteiger partial charge in [0.05, 0.1) is 23.6 Å². The number of nitrogens with one attached hydrogen (secondary N) is 2. The fourth-order valence-electron chi connectivity index (χ4n) is 2.27. The molecule has 1 aromatic carbocycles. The molecule has 8 nitrogen and oxygen atoms in total. The summed E-state index contributed by atoms with van der Waals surface area (Å²) in [7, 11) is -2.84. The molecule has 0 aliphatic heterocycles. The summed E-state index contributed by atoms with van der Waals surface area (Å²) in [6.07, 6.45) is -0.637. The highest BCUT2D eigenvalue weighted by Crippen LogP contribution is 2.21. The lowest BCUT2D eigenvalue weighted by molar-refractivity contribution is 0.0465. The summed E-state index contributed by atoms with van der Waals surface area (Å²) < 4.78 is 37.9. The van der Waals surface area contributed by atoms with Crippen molar-refractivity contribution in [1.82, 2.24) is 10.0 Å². The van der Waals surface area contributed by atoms with Gasteiger partial charge in [0.15, 0.2) is 0 Å². The molecule has 0 heterocycles. The van der Waals surface area contributed by atoms with Gasteiger partial charge in [0.2, 0.25) is 10.0 Å². The summed E-state index contributed by atoms with van der Waals surface area (Å²) in [5, 5.41) is 2.71. The maximum atomic E-state index is 12.8. The Morgan fingerprint density at radius 1 is 1.07 bits per heavy atom. The molecule has 0 fully saturated rings. The van der Waals surface area contributed by atoms with Crippen LogP contribution in [-0.4, -0.2) is 45.8 Å². The second-order valence-corrected chi connectivity index (χ2v) is 10.1. The molecular formula is C19H30N2O6S. The van der Waals surface area contributed by atoms with Crippen LogP contribution in [0.1, 0.15) is 51.9 Å². The standard InChI is InChI=1S/C19H30N2O6S/c1-18(2,3)15(21-17(23)27-19(4,5)6)12-20-28(24,25)14-11-9-8-10-13(14)16(22)26-7/h8-11,15,20H,12H2,1-7H3,(H,21,23)/t15-/m1/s1. The van der Waals surface area contributed by atoms with Crippen molar-refractivity contribution in [1.29, 1.82) is 0 Å². The average Bonchev–Trinajstić information content (AvgIpc) is 2.55. The number of esters is 1. The predicted octanol–water partition coefficient (Wildman–Crippen LogP) is 2.69. The Balaban J connectivity index is 3.02. The molecular weight excluding hydrogens is 384 g/mol. The third kappa shape index (κ3) is 7.12. The Hall–Kier alpha value is -2.13. The lowest BCUT2D eigenvalue weighted by Crippen LogP contribution is -2.51. The Labute approximate surface area is 167 Å². The van der Waals surface area contributed by atoms with E-state index in [-0.39, 0.29) is 17.0 Å². The van der Waals surface area contributed by atoms with E-state index in [1.165, 1.54) is 25.3 Å². The van der Waals surface area contributed by atoms with E-state index >= 15 is 0 Å². The minimum absolute atomic E-state index is 0.0649. The fourth-order valence-corrected chi connectivity index (χ4v) is 3.51. The summed E-state index contributed by atoms with van der Waals surface area (Å²) >= 11 is 0. The van der Waals surface area contributed by atoms with Crippen molar-refractivity contribution in [2.45, 2.75) is 58.1 Å². The highest BCUT2D eigenvalue weighted by Gasteiger charge is 2.31. The van der Waals surface area contributed by atoms with Crippen molar-refractivity contribution < 1.29 is 27.5 Å². The van der Waals surface area contributed by atoms with Crippen LogP contribution in [0.5, 0.6) is 0 Å². The predicted molar refractivity (Wildman–Crippen MR) is 106 cm³/mol. The first-order valence-electron chi connectivity index (χ1n) is 8.84. The molecule has 1 atom stereocenters. The molecule has 0 saturated heterocycles. The van der Waals surface area contributed by atoms with Crippen molar-refractivity contribution in [2.75, 3.05) is 13.7 Å². The molecule has 0 aromatic heterocycles. The van der Waals surface area contributed by atoms with Crippen LogP contribution in [0.3, 0.4) is 0 Å². The maximum Gasteiger partial charge on any atom is 0.407 e. The van der Waals surface area contributed by atoms with Crippen LogP contribution in [0, 0.1) is 5.41 Å². The second kappa shape index (κ2) is 8.91. The second-order valence-electron chi connectivity index (χ2n) is 8.40. The topological polar surface area (TPSA) is 111 Å². The van der Waals surface area contributed by atoms with Crippen molar-refractivity contribution in [3.63, 3.8) is 0 Å². The number of benzene rings is 1. The third-order valence-corrected chi connectivity index (χ3v) is 5.28. The minimum Gasteiger partial charge on any atom is -0.465 e. The molecule has 28 heavy (non-hydrogen) atoms. The number of carbonyl (C=O) groups excluding carboxylic acids is 2. The first kappa shape index (κ1) is 23.9. The van der Waals surface area contributed by atoms with Gasteiger partial charge in [-0.1, -0.05) is 32.9 Å². The molecule has 9 heteroatoms. The van der Waals surface area contributed by atoms with Gasteiger partial charge in [0, 0.05) is 6.54 Å². The van der Waals surface area contributed by atoms with Crippen LogP contribution in [0.2, 0.25) is 0 Å². The van der Waals surface area contributed by atoms with E-state index in [4.69, 9.17) is 4.74 Å². The number of amides is 1. The number of alkyl carbamates (subject to hydrolysis) is 1. The molecule has 0 radical (unpaired) electrons. The molecule has 0 unspecified atom stereocenters. The van der Waals surface area contributed by atoms with Gasteiger partial charge in [0.1, 0.15) is 5.60 Å². The van der Waals surface area contributed by atoms with Crippen LogP contribution in [0.25, 0.3) is 0 Å². The van der Waals surface area contributed by atoms with E-state index in [2.05, 4.69) is 14.8 Å². The number of ether oxygens (including phenoxy) is 2. The Morgan fingerprint density at radius 3 is 2.14 bits per heavy atom. The van der Waals surface area contributed by atoms with E-state index in [9.17, 15) is 18.0 Å². The Morgan fingerprint density at radius 2 is 1.64 bits per heavy atom. The number of carbonyl (C=O) groups is 2.